The Morgan fingerprint density at radius 2 is 1.75 bits per heavy atom. The molecule has 0 saturated carbocycles. The van der Waals surface area contributed by atoms with Crippen molar-refractivity contribution in [2.75, 3.05) is 32.1 Å². The fraction of sp³-hybridized carbons (Fsp3) is 0.296. The van der Waals surface area contributed by atoms with Gasteiger partial charge in [-0.2, -0.15) is 0 Å². The van der Waals surface area contributed by atoms with Gasteiger partial charge in [0, 0.05) is 36.4 Å². The van der Waals surface area contributed by atoms with Crippen molar-refractivity contribution in [3.05, 3.63) is 77.7 Å². The molecule has 1 fully saturated rings. The minimum atomic E-state index is -0.305. The number of rotatable bonds is 8. The molecule has 1 saturated heterocycles. The van der Waals surface area contributed by atoms with Crippen molar-refractivity contribution in [2.24, 2.45) is 0 Å². The zero-order valence-corrected chi connectivity index (χ0v) is 20.3. The van der Waals surface area contributed by atoms with Crippen LogP contribution in [-0.4, -0.2) is 55.5 Å². The molecule has 1 aliphatic rings. The summed E-state index contributed by atoms with van der Waals surface area (Å²) in [7, 11) is 1.56. The van der Waals surface area contributed by atoms with Gasteiger partial charge in [-0.25, -0.2) is 0 Å². The van der Waals surface area contributed by atoms with Gasteiger partial charge in [0.25, 0.3) is 17.7 Å². The standard InChI is InChI=1S/C27H29N3O6/c1-18-6-11-24(36-18)26(32)29-20-12-14-30(15-13-20)27(33)19-7-9-22(10-8-19)35-17-25(31)28-21-4-3-5-23(16-21)34-2/h3-11,16,20H,12-15,17H2,1-2H3,(H,28,31)(H,29,32). The third-order valence-corrected chi connectivity index (χ3v) is 5.91. The number of hydrogen-bond donors (Lipinski definition) is 2. The quantitative estimate of drug-likeness (QED) is 0.498. The predicted molar refractivity (Wildman–Crippen MR) is 133 cm³/mol. The van der Waals surface area contributed by atoms with Gasteiger partial charge in [0.15, 0.2) is 12.4 Å². The lowest BCUT2D eigenvalue weighted by Crippen LogP contribution is -2.46. The lowest BCUT2D eigenvalue weighted by Gasteiger charge is -2.32. The van der Waals surface area contributed by atoms with Crippen molar-refractivity contribution in [2.45, 2.75) is 25.8 Å². The van der Waals surface area contributed by atoms with Gasteiger partial charge in [0.1, 0.15) is 17.3 Å². The summed E-state index contributed by atoms with van der Waals surface area (Å²) >= 11 is 0. The molecule has 0 bridgehead atoms. The number of hydrogen-bond acceptors (Lipinski definition) is 6. The van der Waals surface area contributed by atoms with E-state index in [1.807, 2.05) is 0 Å². The summed E-state index contributed by atoms with van der Waals surface area (Å²) in [5.41, 5.74) is 1.15. The number of nitrogens with zero attached hydrogens (tertiary/aromatic N) is 1. The molecule has 2 N–H and O–H groups in total. The zero-order chi connectivity index (χ0) is 25.5. The third-order valence-electron chi connectivity index (χ3n) is 5.91. The number of piperidine rings is 1. The Bertz CT molecular complexity index is 1210. The highest BCUT2D eigenvalue weighted by Gasteiger charge is 2.25. The monoisotopic (exact) mass is 491 g/mol. The first kappa shape index (κ1) is 24.8. The number of ether oxygens (including phenoxy) is 2. The Morgan fingerprint density at radius 3 is 2.42 bits per heavy atom. The highest BCUT2D eigenvalue weighted by molar-refractivity contribution is 5.95. The summed E-state index contributed by atoms with van der Waals surface area (Å²) in [4.78, 5) is 39.1. The van der Waals surface area contributed by atoms with Gasteiger partial charge in [0.05, 0.1) is 7.11 Å². The van der Waals surface area contributed by atoms with Crippen molar-refractivity contribution < 1.29 is 28.3 Å². The molecule has 0 radical (unpaired) electrons. The van der Waals surface area contributed by atoms with E-state index in [9.17, 15) is 14.4 Å². The molecule has 2 heterocycles. The van der Waals surface area contributed by atoms with E-state index in [0.29, 0.717) is 60.2 Å². The molecule has 9 heteroatoms. The van der Waals surface area contributed by atoms with Gasteiger partial charge >= 0.3 is 0 Å². The maximum atomic E-state index is 12.9. The molecule has 0 spiro atoms. The van der Waals surface area contributed by atoms with Crippen molar-refractivity contribution >= 4 is 23.4 Å². The highest BCUT2D eigenvalue weighted by Crippen LogP contribution is 2.19. The topological polar surface area (TPSA) is 110 Å². The normalized spacial score (nSPS) is 13.7. The molecule has 9 nitrogen and oxygen atoms in total. The van der Waals surface area contributed by atoms with E-state index in [1.165, 1.54) is 0 Å². The largest absolute Gasteiger partial charge is 0.497 e. The lowest BCUT2D eigenvalue weighted by atomic mass is 10.0. The molecule has 3 aromatic rings. The molecule has 0 aliphatic carbocycles. The number of anilines is 1. The number of aryl methyl sites for hydroxylation is 1. The number of carbonyl (C=O) groups is 3. The average Bonchev–Trinajstić information content (AvgIpc) is 3.34. The van der Waals surface area contributed by atoms with Gasteiger partial charge in [-0.15, -0.1) is 0 Å². The molecule has 1 aliphatic heterocycles. The van der Waals surface area contributed by atoms with Crippen LogP contribution < -0.4 is 20.1 Å². The number of benzene rings is 2. The van der Waals surface area contributed by atoms with E-state index >= 15 is 0 Å². The van der Waals surface area contributed by atoms with E-state index in [1.54, 1.807) is 79.6 Å². The molecular weight excluding hydrogens is 462 g/mol. The van der Waals surface area contributed by atoms with E-state index in [-0.39, 0.29) is 30.4 Å². The summed E-state index contributed by atoms with van der Waals surface area (Å²) in [6, 6.07) is 17.2. The molecule has 3 amide bonds. The summed E-state index contributed by atoms with van der Waals surface area (Å²) in [5.74, 6) is 1.50. The van der Waals surface area contributed by atoms with Crippen molar-refractivity contribution in [1.29, 1.82) is 0 Å². The molecule has 36 heavy (non-hydrogen) atoms. The summed E-state index contributed by atoms with van der Waals surface area (Å²) < 4.78 is 16.1. The summed E-state index contributed by atoms with van der Waals surface area (Å²) in [6.07, 6.45) is 1.33. The number of nitrogens with one attached hydrogen (secondary N) is 2. The maximum Gasteiger partial charge on any atom is 0.287 e. The molecule has 0 unspecified atom stereocenters. The van der Waals surface area contributed by atoms with Crippen molar-refractivity contribution in [3.8, 4) is 11.5 Å². The second kappa shape index (κ2) is 11.4. The van der Waals surface area contributed by atoms with Crippen LogP contribution in [0.15, 0.2) is 65.1 Å². The first-order valence-corrected chi connectivity index (χ1v) is 11.7. The lowest BCUT2D eigenvalue weighted by molar-refractivity contribution is -0.118. The van der Waals surface area contributed by atoms with E-state index in [0.717, 1.165) is 0 Å². The molecule has 4 rings (SSSR count). The minimum Gasteiger partial charge on any atom is -0.497 e. The maximum absolute atomic E-state index is 12.9. The van der Waals surface area contributed by atoms with E-state index in [2.05, 4.69) is 10.6 Å². The first-order valence-electron chi connectivity index (χ1n) is 11.7. The number of methoxy groups -OCH3 is 1. The fourth-order valence-corrected chi connectivity index (χ4v) is 3.96. The Morgan fingerprint density at radius 1 is 1.00 bits per heavy atom. The van der Waals surface area contributed by atoms with Crippen LogP contribution in [0.5, 0.6) is 11.5 Å². The van der Waals surface area contributed by atoms with Gasteiger partial charge in [-0.05, 0) is 68.3 Å². The van der Waals surface area contributed by atoms with Crippen molar-refractivity contribution in [3.63, 3.8) is 0 Å². The molecular formula is C27H29N3O6. The van der Waals surface area contributed by atoms with Crippen LogP contribution in [0.25, 0.3) is 0 Å². The number of amides is 3. The Hall–Kier alpha value is -4.27. The van der Waals surface area contributed by atoms with Gasteiger partial charge in [-0.3, -0.25) is 14.4 Å². The fourth-order valence-electron chi connectivity index (χ4n) is 3.96. The van der Waals surface area contributed by atoms with Gasteiger partial charge in [0.2, 0.25) is 0 Å². The van der Waals surface area contributed by atoms with Crippen LogP contribution in [0.2, 0.25) is 0 Å². The average molecular weight is 492 g/mol. The highest BCUT2D eigenvalue weighted by atomic mass is 16.5. The Balaban J connectivity index is 1.22. The predicted octanol–water partition coefficient (Wildman–Crippen LogP) is 3.65. The Labute approximate surface area is 209 Å². The molecule has 0 atom stereocenters. The van der Waals surface area contributed by atoms with Crippen LogP contribution in [-0.2, 0) is 4.79 Å². The summed E-state index contributed by atoms with van der Waals surface area (Å²) in [5, 5.41) is 5.72. The smallest absolute Gasteiger partial charge is 0.287 e. The van der Waals surface area contributed by atoms with E-state index < -0.39 is 0 Å². The van der Waals surface area contributed by atoms with Crippen LogP contribution in [0, 0.1) is 6.92 Å². The third kappa shape index (κ3) is 6.44. The van der Waals surface area contributed by atoms with Crippen molar-refractivity contribution in [1.82, 2.24) is 10.2 Å². The second-order valence-electron chi connectivity index (χ2n) is 8.54. The number of furan rings is 1. The van der Waals surface area contributed by atoms with Crippen LogP contribution in [0.3, 0.4) is 0 Å². The van der Waals surface area contributed by atoms with Crippen LogP contribution in [0.4, 0.5) is 5.69 Å². The number of likely N-dealkylation sites (tertiary alicyclic amines) is 1. The zero-order valence-electron chi connectivity index (χ0n) is 20.3. The second-order valence-corrected chi connectivity index (χ2v) is 8.54. The van der Waals surface area contributed by atoms with E-state index in [4.69, 9.17) is 13.9 Å². The van der Waals surface area contributed by atoms with Crippen LogP contribution in [0.1, 0.15) is 39.5 Å². The van der Waals surface area contributed by atoms with Gasteiger partial charge in [-0.1, -0.05) is 6.07 Å². The Kier molecular flexibility index (Phi) is 7.89. The molecule has 188 valence electrons. The minimum absolute atomic E-state index is 0.00847. The summed E-state index contributed by atoms with van der Waals surface area (Å²) in [6.45, 7) is 2.72. The first-order chi connectivity index (χ1) is 17.4. The molecule has 1 aromatic heterocycles. The van der Waals surface area contributed by atoms with Crippen LogP contribution >= 0.6 is 0 Å². The van der Waals surface area contributed by atoms with Gasteiger partial charge < -0.3 is 29.4 Å². The SMILES string of the molecule is COc1cccc(NC(=O)COc2ccc(C(=O)N3CCC(NC(=O)c4ccc(C)o4)CC3)cc2)c1. The molecule has 2 aromatic carbocycles. The number of carbonyl (C=O) groups excluding carboxylic acids is 3.